The van der Waals surface area contributed by atoms with Crippen molar-refractivity contribution in [3.8, 4) is 0 Å². The van der Waals surface area contributed by atoms with Crippen LogP contribution in [0.5, 0.6) is 0 Å². The molecular weight excluding hydrogens is 300 g/mol. The molecule has 0 fully saturated rings. The lowest BCUT2D eigenvalue weighted by molar-refractivity contribution is 0.0696. The molecule has 0 unspecified atom stereocenters. The molecule has 0 atom stereocenters. The van der Waals surface area contributed by atoms with Crippen molar-refractivity contribution in [3.63, 3.8) is 0 Å². The van der Waals surface area contributed by atoms with E-state index in [0.29, 0.717) is 11.1 Å². The Morgan fingerprint density at radius 3 is 1.67 bits per heavy atom. The minimum atomic E-state index is -0.907. The van der Waals surface area contributed by atoms with Crippen molar-refractivity contribution in [1.29, 1.82) is 0 Å². The highest BCUT2D eigenvalue weighted by molar-refractivity contribution is 5.87. The third-order valence-electron chi connectivity index (χ3n) is 4.63. The Morgan fingerprint density at radius 1 is 0.875 bits per heavy atom. The average molecular weight is 324 g/mol. The van der Waals surface area contributed by atoms with E-state index < -0.39 is 5.97 Å². The van der Waals surface area contributed by atoms with Crippen LogP contribution >= 0.6 is 0 Å². The molecule has 3 heteroatoms. The number of aromatic carboxylic acids is 1. The van der Waals surface area contributed by atoms with Gasteiger partial charge >= 0.3 is 5.97 Å². The van der Waals surface area contributed by atoms with Crippen LogP contribution in [-0.4, -0.2) is 17.4 Å². The fourth-order valence-corrected chi connectivity index (χ4v) is 3.39. The average Bonchev–Trinajstić information content (AvgIpc) is 2.54. The fourth-order valence-electron chi connectivity index (χ4n) is 3.39. The molecular formula is C21H24O3. The van der Waals surface area contributed by atoms with Gasteiger partial charge in [-0.3, -0.25) is 4.79 Å². The maximum absolute atomic E-state index is 11.0. The first-order chi connectivity index (χ1) is 11.2. The third kappa shape index (κ3) is 3.91. The van der Waals surface area contributed by atoms with Crippen LogP contribution in [0.3, 0.4) is 0 Å². The highest BCUT2D eigenvalue weighted by atomic mass is 16.4. The molecule has 0 saturated carbocycles. The molecule has 0 heterocycles. The first-order valence-electron chi connectivity index (χ1n) is 8.05. The number of rotatable bonds is 6. The summed E-state index contributed by atoms with van der Waals surface area (Å²) in [6.07, 6.45) is 1.75. The summed E-state index contributed by atoms with van der Waals surface area (Å²) in [5.74, 6) is -0.907. The molecule has 0 aliphatic heterocycles. The van der Waals surface area contributed by atoms with Gasteiger partial charge in [0.05, 0.1) is 5.56 Å². The lowest BCUT2D eigenvalue weighted by atomic mass is 9.68. The van der Waals surface area contributed by atoms with Gasteiger partial charge in [0.1, 0.15) is 6.29 Å². The minimum Gasteiger partial charge on any atom is -0.478 e. The fraction of sp³-hybridized carbons (Fsp3) is 0.333. The molecule has 2 rings (SSSR count). The largest absolute Gasteiger partial charge is 0.478 e. The van der Waals surface area contributed by atoms with Gasteiger partial charge in [0.25, 0.3) is 0 Å². The van der Waals surface area contributed by atoms with E-state index in [1.54, 1.807) is 12.1 Å². The number of benzene rings is 2. The van der Waals surface area contributed by atoms with Gasteiger partial charge in [-0.25, -0.2) is 4.79 Å². The number of aldehydes is 1. The van der Waals surface area contributed by atoms with Crippen LogP contribution in [0, 0.1) is 0 Å². The van der Waals surface area contributed by atoms with Gasteiger partial charge in [-0.05, 0) is 40.5 Å². The lowest BCUT2D eigenvalue weighted by Gasteiger charge is -2.36. The molecule has 2 aromatic rings. The quantitative estimate of drug-likeness (QED) is 0.773. The number of carboxylic acids is 1. The van der Waals surface area contributed by atoms with Crippen LogP contribution < -0.4 is 0 Å². The molecule has 0 bridgehead atoms. The molecule has 0 radical (unpaired) electrons. The molecule has 0 aliphatic rings. The number of carbonyl (C=O) groups is 2. The Labute approximate surface area is 143 Å². The lowest BCUT2D eigenvalue weighted by Crippen LogP contribution is -2.29. The number of hydrogen-bond donors (Lipinski definition) is 1. The predicted octanol–water partition coefficient (Wildman–Crippen LogP) is 4.84. The number of carbonyl (C=O) groups excluding carboxylic acids is 1. The summed E-state index contributed by atoms with van der Waals surface area (Å²) in [4.78, 5) is 21.8. The highest BCUT2D eigenvalue weighted by Crippen LogP contribution is 2.38. The van der Waals surface area contributed by atoms with Gasteiger partial charge in [0.15, 0.2) is 0 Å². The van der Waals surface area contributed by atoms with E-state index in [2.05, 4.69) is 27.7 Å². The van der Waals surface area contributed by atoms with Crippen molar-refractivity contribution >= 4 is 12.3 Å². The summed E-state index contributed by atoms with van der Waals surface area (Å²) in [6, 6.07) is 14.8. The number of carboxylic acid groups (broad SMARTS) is 1. The molecule has 0 aromatic heterocycles. The monoisotopic (exact) mass is 324 g/mol. The second kappa shape index (κ2) is 6.60. The van der Waals surface area contributed by atoms with E-state index in [-0.39, 0.29) is 10.8 Å². The topological polar surface area (TPSA) is 54.4 Å². The standard InChI is InChI=1S/C21H24O3/c1-20(2,17-9-5-15(13-22)6-10-17)14-21(3,4)18-11-7-16(8-12-18)19(23)24/h5-13H,14H2,1-4H3,(H,23,24). The normalized spacial score (nSPS) is 12.0. The van der Waals surface area contributed by atoms with E-state index in [4.69, 9.17) is 5.11 Å². The van der Waals surface area contributed by atoms with E-state index in [9.17, 15) is 9.59 Å². The zero-order valence-electron chi connectivity index (χ0n) is 14.7. The molecule has 1 N–H and O–H groups in total. The van der Waals surface area contributed by atoms with Gasteiger partial charge in [-0.1, -0.05) is 64.1 Å². The first kappa shape index (κ1) is 17.9. The van der Waals surface area contributed by atoms with Crippen LogP contribution in [0.15, 0.2) is 48.5 Å². The van der Waals surface area contributed by atoms with Gasteiger partial charge in [0, 0.05) is 5.56 Å². The van der Waals surface area contributed by atoms with E-state index in [1.165, 1.54) is 5.56 Å². The molecule has 0 amide bonds. The SMILES string of the molecule is CC(C)(CC(C)(C)c1ccc(C(=O)O)cc1)c1ccc(C=O)cc1. The predicted molar refractivity (Wildman–Crippen MR) is 95.9 cm³/mol. The van der Waals surface area contributed by atoms with Crippen molar-refractivity contribution in [3.05, 3.63) is 70.8 Å². The maximum Gasteiger partial charge on any atom is 0.335 e. The summed E-state index contributed by atoms with van der Waals surface area (Å²) in [5.41, 5.74) is 3.10. The Morgan fingerprint density at radius 2 is 1.29 bits per heavy atom. The van der Waals surface area contributed by atoms with Gasteiger partial charge in [-0.15, -0.1) is 0 Å². The van der Waals surface area contributed by atoms with Crippen LogP contribution in [0.25, 0.3) is 0 Å². The third-order valence-corrected chi connectivity index (χ3v) is 4.63. The van der Waals surface area contributed by atoms with Crippen molar-refractivity contribution in [2.45, 2.75) is 44.9 Å². The van der Waals surface area contributed by atoms with Crippen LogP contribution in [0.4, 0.5) is 0 Å². The Bertz CT molecular complexity index is 723. The summed E-state index contributed by atoms with van der Waals surface area (Å²) in [7, 11) is 0. The van der Waals surface area contributed by atoms with Crippen LogP contribution in [0.1, 0.15) is 66.0 Å². The minimum absolute atomic E-state index is 0.0730. The summed E-state index contributed by atoms with van der Waals surface area (Å²) in [6.45, 7) is 8.72. The Balaban J connectivity index is 2.24. The van der Waals surface area contributed by atoms with Crippen molar-refractivity contribution in [1.82, 2.24) is 0 Å². The Kier molecular flexibility index (Phi) is 4.93. The van der Waals surface area contributed by atoms with Crippen molar-refractivity contribution < 1.29 is 14.7 Å². The van der Waals surface area contributed by atoms with E-state index in [0.717, 1.165) is 18.3 Å². The molecule has 2 aromatic carbocycles. The zero-order valence-corrected chi connectivity index (χ0v) is 14.7. The highest BCUT2D eigenvalue weighted by Gasteiger charge is 2.31. The summed E-state index contributed by atoms with van der Waals surface area (Å²) in [5, 5.41) is 9.03. The maximum atomic E-state index is 11.0. The summed E-state index contributed by atoms with van der Waals surface area (Å²) >= 11 is 0. The second-order valence-corrected chi connectivity index (χ2v) is 7.57. The smallest absolute Gasteiger partial charge is 0.335 e. The van der Waals surface area contributed by atoms with Crippen LogP contribution in [-0.2, 0) is 10.8 Å². The summed E-state index contributed by atoms with van der Waals surface area (Å²) < 4.78 is 0. The molecule has 3 nitrogen and oxygen atoms in total. The van der Waals surface area contributed by atoms with E-state index >= 15 is 0 Å². The number of hydrogen-bond acceptors (Lipinski definition) is 2. The molecule has 24 heavy (non-hydrogen) atoms. The van der Waals surface area contributed by atoms with Gasteiger partial charge < -0.3 is 5.11 Å². The van der Waals surface area contributed by atoms with Crippen LogP contribution in [0.2, 0.25) is 0 Å². The van der Waals surface area contributed by atoms with Crippen molar-refractivity contribution in [2.24, 2.45) is 0 Å². The molecule has 0 aliphatic carbocycles. The zero-order chi connectivity index (χ0) is 18.0. The Hall–Kier alpha value is -2.42. The van der Waals surface area contributed by atoms with Gasteiger partial charge in [0.2, 0.25) is 0 Å². The first-order valence-corrected chi connectivity index (χ1v) is 8.05. The van der Waals surface area contributed by atoms with E-state index in [1.807, 2.05) is 36.4 Å². The van der Waals surface area contributed by atoms with Crippen molar-refractivity contribution in [2.75, 3.05) is 0 Å². The molecule has 126 valence electrons. The second-order valence-electron chi connectivity index (χ2n) is 7.57. The van der Waals surface area contributed by atoms with Gasteiger partial charge in [-0.2, -0.15) is 0 Å². The molecule has 0 spiro atoms. The molecule has 0 saturated heterocycles.